The first-order valence-corrected chi connectivity index (χ1v) is 5.35. The second-order valence-electron chi connectivity index (χ2n) is 4.89. The van der Waals surface area contributed by atoms with Gasteiger partial charge in [0.2, 0.25) is 0 Å². The molecule has 1 aliphatic heterocycles. The van der Waals surface area contributed by atoms with Gasteiger partial charge in [0, 0.05) is 12.6 Å². The summed E-state index contributed by atoms with van der Waals surface area (Å²) in [5.41, 5.74) is 0.108. The van der Waals surface area contributed by atoms with E-state index in [1.54, 1.807) is 0 Å². The molecule has 0 aliphatic carbocycles. The molecule has 13 heavy (non-hydrogen) atoms. The van der Waals surface area contributed by atoms with Crippen LogP contribution in [0.1, 0.15) is 40.0 Å². The Hall–Kier alpha value is -0.0800. The first-order chi connectivity index (χ1) is 6.03. The Morgan fingerprint density at radius 1 is 1.54 bits per heavy atom. The summed E-state index contributed by atoms with van der Waals surface area (Å²) in [6.07, 6.45) is 3.72. The van der Waals surface area contributed by atoms with Crippen LogP contribution in [0.2, 0.25) is 0 Å². The van der Waals surface area contributed by atoms with Gasteiger partial charge in [-0.1, -0.05) is 0 Å². The normalized spacial score (nSPS) is 30.0. The molecule has 1 fully saturated rings. The van der Waals surface area contributed by atoms with Gasteiger partial charge >= 0.3 is 0 Å². The van der Waals surface area contributed by atoms with Gasteiger partial charge in [-0.15, -0.1) is 0 Å². The Morgan fingerprint density at radius 3 is 2.77 bits per heavy atom. The Balaban J connectivity index is 2.34. The molecule has 0 aromatic heterocycles. The van der Waals surface area contributed by atoms with Gasteiger partial charge in [0.15, 0.2) is 0 Å². The van der Waals surface area contributed by atoms with E-state index in [2.05, 4.69) is 26.1 Å². The zero-order chi connectivity index (χ0) is 9.90. The highest BCUT2D eigenvalue weighted by molar-refractivity contribution is 4.80. The van der Waals surface area contributed by atoms with Gasteiger partial charge in [-0.3, -0.25) is 0 Å². The summed E-state index contributed by atoms with van der Waals surface area (Å²) in [5.74, 6) is 0.839. The van der Waals surface area contributed by atoms with E-state index in [9.17, 15) is 0 Å². The minimum atomic E-state index is 0.108. The minimum absolute atomic E-state index is 0.108. The second-order valence-corrected chi connectivity index (χ2v) is 4.89. The van der Waals surface area contributed by atoms with Crippen LogP contribution in [0.4, 0.5) is 0 Å². The SMILES string of the molecule is CNC(C)CC1CCOC(C)(C)C1. The molecular formula is C11H23NO. The van der Waals surface area contributed by atoms with Crippen LogP contribution in [0.5, 0.6) is 0 Å². The van der Waals surface area contributed by atoms with Crippen molar-refractivity contribution < 1.29 is 4.74 Å². The lowest BCUT2D eigenvalue weighted by atomic mass is 9.84. The standard InChI is InChI=1S/C11H23NO/c1-9(12-4)7-10-5-6-13-11(2,3)8-10/h9-10,12H,5-8H2,1-4H3. The molecule has 2 atom stereocenters. The van der Waals surface area contributed by atoms with Crippen molar-refractivity contribution in [1.82, 2.24) is 5.32 Å². The van der Waals surface area contributed by atoms with Crippen LogP contribution >= 0.6 is 0 Å². The molecule has 0 aromatic rings. The minimum Gasteiger partial charge on any atom is -0.376 e. The van der Waals surface area contributed by atoms with Gasteiger partial charge in [-0.05, 0) is 53.0 Å². The third-order valence-corrected chi connectivity index (χ3v) is 2.98. The van der Waals surface area contributed by atoms with Gasteiger partial charge in [0.1, 0.15) is 0 Å². The van der Waals surface area contributed by atoms with Crippen molar-refractivity contribution in [3.8, 4) is 0 Å². The third-order valence-electron chi connectivity index (χ3n) is 2.98. The lowest BCUT2D eigenvalue weighted by molar-refractivity contribution is -0.0744. The molecule has 1 saturated heterocycles. The Bertz CT molecular complexity index is 156. The van der Waals surface area contributed by atoms with E-state index in [0.29, 0.717) is 6.04 Å². The first-order valence-electron chi connectivity index (χ1n) is 5.35. The van der Waals surface area contributed by atoms with E-state index in [1.807, 2.05) is 7.05 Å². The first kappa shape index (κ1) is 11.0. The fourth-order valence-electron chi connectivity index (χ4n) is 2.18. The van der Waals surface area contributed by atoms with Gasteiger partial charge in [0.05, 0.1) is 5.60 Å². The van der Waals surface area contributed by atoms with Crippen LogP contribution in [-0.2, 0) is 4.74 Å². The molecule has 2 heteroatoms. The predicted octanol–water partition coefficient (Wildman–Crippen LogP) is 2.19. The Kier molecular flexibility index (Phi) is 3.74. The van der Waals surface area contributed by atoms with Crippen LogP contribution in [0, 0.1) is 5.92 Å². The number of rotatable bonds is 3. The maximum atomic E-state index is 5.69. The highest BCUT2D eigenvalue weighted by Gasteiger charge is 2.29. The number of hydrogen-bond donors (Lipinski definition) is 1. The van der Waals surface area contributed by atoms with E-state index >= 15 is 0 Å². The van der Waals surface area contributed by atoms with Crippen molar-refractivity contribution in [2.75, 3.05) is 13.7 Å². The average molecular weight is 185 g/mol. The summed E-state index contributed by atoms with van der Waals surface area (Å²) < 4.78 is 5.69. The van der Waals surface area contributed by atoms with E-state index in [1.165, 1.54) is 19.3 Å². The quantitative estimate of drug-likeness (QED) is 0.727. The van der Waals surface area contributed by atoms with Crippen molar-refractivity contribution in [3.63, 3.8) is 0 Å². The fourth-order valence-corrected chi connectivity index (χ4v) is 2.18. The number of nitrogens with one attached hydrogen (secondary N) is 1. The molecule has 1 heterocycles. The van der Waals surface area contributed by atoms with Crippen LogP contribution in [0.3, 0.4) is 0 Å². The molecule has 78 valence electrons. The molecule has 1 N–H and O–H groups in total. The smallest absolute Gasteiger partial charge is 0.0629 e. The van der Waals surface area contributed by atoms with Crippen LogP contribution in [-0.4, -0.2) is 25.3 Å². The molecule has 0 amide bonds. The highest BCUT2D eigenvalue weighted by atomic mass is 16.5. The molecule has 1 rings (SSSR count). The van der Waals surface area contributed by atoms with Crippen LogP contribution in [0.15, 0.2) is 0 Å². The van der Waals surface area contributed by atoms with E-state index in [-0.39, 0.29) is 5.60 Å². The van der Waals surface area contributed by atoms with Gasteiger partial charge in [-0.2, -0.15) is 0 Å². The summed E-state index contributed by atoms with van der Waals surface area (Å²) in [6.45, 7) is 7.59. The zero-order valence-corrected chi connectivity index (χ0v) is 9.39. The molecule has 0 spiro atoms. The van der Waals surface area contributed by atoms with Gasteiger partial charge in [0.25, 0.3) is 0 Å². The monoisotopic (exact) mass is 185 g/mol. The summed E-state index contributed by atoms with van der Waals surface area (Å²) in [5, 5.41) is 3.30. The summed E-state index contributed by atoms with van der Waals surface area (Å²) >= 11 is 0. The summed E-state index contributed by atoms with van der Waals surface area (Å²) in [7, 11) is 2.04. The Labute approximate surface area is 82.0 Å². The lowest BCUT2D eigenvalue weighted by Gasteiger charge is -2.36. The maximum absolute atomic E-state index is 5.69. The van der Waals surface area contributed by atoms with Gasteiger partial charge < -0.3 is 10.1 Å². The topological polar surface area (TPSA) is 21.3 Å². The predicted molar refractivity (Wildman–Crippen MR) is 55.9 cm³/mol. The highest BCUT2D eigenvalue weighted by Crippen LogP contribution is 2.31. The number of ether oxygens (including phenoxy) is 1. The molecule has 1 aliphatic rings. The molecule has 2 nitrogen and oxygen atoms in total. The molecule has 0 bridgehead atoms. The molecular weight excluding hydrogens is 162 g/mol. The second kappa shape index (κ2) is 4.43. The lowest BCUT2D eigenvalue weighted by Crippen LogP contribution is -2.36. The van der Waals surface area contributed by atoms with Crippen LogP contribution in [0.25, 0.3) is 0 Å². The van der Waals surface area contributed by atoms with Crippen molar-refractivity contribution in [1.29, 1.82) is 0 Å². The summed E-state index contributed by atoms with van der Waals surface area (Å²) in [4.78, 5) is 0. The zero-order valence-electron chi connectivity index (χ0n) is 9.39. The molecule has 2 unspecified atom stereocenters. The maximum Gasteiger partial charge on any atom is 0.0629 e. The van der Waals surface area contributed by atoms with Gasteiger partial charge in [-0.25, -0.2) is 0 Å². The summed E-state index contributed by atoms with van der Waals surface area (Å²) in [6, 6.07) is 0.638. The largest absolute Gasteiger partial charge is 0.376 e. The van der Waals surface area contributed by atoms with Crippen molar-refractivity contribution in [2.45, 2.75) is 51.7 Å². The van der Waals surface area contributed by atoms with Crippen molar-refractivity contribution in [3.05, 3.63) is 0 Å². The van der Waals surface area contributed by atoms with E-state index < -0.39 is 0 Å². The molecule has 0 aromatic carbocycles. The Morgan fingerprint density at radius 2 is 2.23 bits per heavy atom. The number of hydrogen-bond acceptors (Lipinski definition) is 2. The molecule has 0 radical (unpaired) electrons. The van der Waals surface area contributed by atoms with Crippen LogP contribution < -0.4 is 5.32 Å². The average Bonchev–Trinajstić information content (AvgIpc) is 2.02. The van der Waals surface area contributed by atoms with E-state index in [4.69, 9.17) is 4.74 Å². The van der Waals surface area contributed by atoms with Crippen molar-refractivity contribution >= 4 is 0 Å². The molecule has 0 saturated carbocycles. The fraction of sp³-hybridized carbons (Fsp3) is 1.00. The van der Waals surface area contributed by atoms with E-state index in [0.717, 1.165) is 12.5 Å². The van der Waals surface area contributed by atoms with Crippen molar-refractivity contribution in [2.24, 2.45) is 5.92 Å². The third kappa shape index (κ3) is 3.65.